The molecule has 2 unspecified atom stereocenters. The number of methoxy groups -OCH3 is 1. The van der Waals surface area contributed by atoms with Crippen LogP contribution in [0.3, 0.4) is 0 Å². The summed E-state index contributed by atoms with van der Waals surface area (Å²) in [4.78, 5) is 14.1. The van der Waals surface area contributed by atoms with Crippen LogP contribution in [-0.4, -0.2) is 42.2 Å². The zero-order valence-electron chi connectivity index (χ0n) is 12.2. The van der Waals surface area contributed by atoms with Crippen molar-refractivity contribution in [2.75, 3.05) is 20.3 Å². The van der Waals surface area contributed by atoms with Gasteiger partial charge in [-0.15, -0.1) is 0 Å². The first-order valence-electron chi connectivity index (χ1n) is 7.19. The average molecular weight is 277 g/mol. The Bertz CT molecular complexity index is 461. The lowest BCUT2D eigenvalue weighted by Gasteiger charge is -2.25. The molecule has 2 rings (SSSR count). The van der Waals surface area contributed by atoms with Crippen molar-refractivity contribution >= 4 is 5.91 Å². The van der Waals surface area contributed by atoms with Gasteiger partial charge in [0.15, 0.2) is 0 Å². The number of nitrogens with zero attached hydrogens (tertiary/aromatic N) is 1. The number of aliphatic hydroxyl groups excluding tert-OH is 1. The van der Waals surface area contributed by atoms with Gasteiger partial charge < -0.3 is 14.7 Å². The number of carbonyl (C=O) groups is 1. The van der Waals surface area contributed by atoms with Crippen molar-refractivity contribution in [3.8, 4) is 5.75 Å². The summed E-state index contributed by atoms with van der Waals surface area (Å²) in [6.07, 6.45) is 2.11. The van der Waals surface area contributed by atoms with Gasteiger partial charge in [0.05, 0.1) is 19.8 Å². The van der Waals surface area contributed by atoms with Gasteiger partial charge >= 0.3 is 0 Å². The van der Waals surface area contributed by atoms with Crippen LogP contribution in [0.15, 0.2) is 24.3 Å². The molecular weight excluding hydrogens is 254 g/mol. The van der Waals surface area contributed by atoms with Crippen LogP contribution in [0.25, 0.3) is 0 Å². The van der Waals surface area contributed by atoms with Crippen LogP contribution >= 0.6 is 0 Å². The molecule has 1 aliphatic rings. The molecule has 0 bridgehead atoms. The number of amides is 1. The van der Waals surface area contributed by atoms with Crippen molar-refractivity contribution in [3.05, 3.63) is 29.8 Å². The predicted molar refractivity (Wildman–Crippen MR) is 77.7 cm³/mol. The second-order valence-electron chi connectivity index (χ2n) is 5.41. The Morgan fingerprint density at radius 3 is 2.90 bits per heavy atom. The fraction of sp³-hybridized carbons (Fsp3) is 0.562. The van der Waals surface area contributed by atoms with Gasteiger partial charge in [-0.1, -0.05) is 25.1 Å². The summed E-state index contributed by atoms with van der Waals surface area (Å²) in [6.45, 7) is 2.91. The number of aryl methyl sites for hydroxylation is 1. The van der Waals surface area contributed by atoms with Gasteiger partial charge in [0.2, 0.25) is 5.91 Å². The average Bonchev–Trinajstić information content (AvgIpc) is 2.86. The minimum absolute atomic E-state index is 0.0137. The minimum Gasteiger partial charge on any atom is -0.496 e. The number of aliphatic hydroxyl groups is 1. The van der Waals surface area contributed by atoms with Crippen LogP contribution < -0.4 is 4.74 Å². The van der Waals surface area contributed by atoms with E-state index in [-0.39, 0.29) is 18.6 Å². The normalized spacial score (nSPS) is 22.1. The molecule has 0 aromatic heterocycles. The van der Waals surface area contributed by atoms with E-state index in [1.165, 1.54) is 0 Å². The number of para-hydroxylation sites is 1. The standard InChI is InChI=1S/C16H23NO3/c1-12-9-10-17(14(12)11-18)16(19)8-7-13-5-3-4-6-15(13)20-2/h3-6,12,14,18H,7-11H2,1-2H3. The molecule has 1 aliphatic heterocycles. The first kappa shape index (κ1) is 14.9. The van der Waals surface area contributed by atoms with Crippen LogP contribution in [0.2, 0.25) is 0 Å². The number of benzene rings is 1. The van der Waals surface area contributed by atoms with E-state index in [0.717, 1.165) is 24.3 Å². The van der Waals surface area contributed by atoms with Crippen LogP contribution in [0, 0.1) is 5.92 Å². The van der Waals surface area contributed by atoms with Crippen LogP contribution in [-0.2, 0) is 11.2 Å². The highest BCUT2D eigenvalue weighted by atomic mass is 16.5. The molecule has 1 aromatic rings. The van der Waals surface area contributed by atoms with Gasteiger partial charge in [0.1, 0.15) is 5.75 Å². The van der Waals surface area contributed by atoms with E-state index >= 15 is 0 Å². The maximum absolute atomic E-state index is 12.3. The highest BCUT2D eigenvalue weighted by molar-refractivity contribution is 5.77. The zero-order chi connectivity index (χ0) is 14.5. The van der Waals surface area contributed by atoms with Crippen molar-refractivity contribution in [2.24, 2.45) is 5.92 Å². The SMILES string of the molecule is COc1ccccc1CCC(=O)N1CCC(C)C1CO. The topological polar surface area (TPSA) is 49.8 Å². The fourth-order valence-corrected chi connectivity index (χ4v) is 2.89. The molecule has 2 atom stereocenters. The zero-order valence-corrected chi connectivity index (χ0v) is 12.2. The van der Waals surface area contributed by atoms with Crippen LogP contribution in [0.5, 0.6) is 5.75 Å². The monoisotopic (exact) mass is 277 g/mol. The lowest BCUT2D eigenvalue weighted by Crippen LogP contribution is -2.39. The smallest absolute Gasteiger partial charge is 0.223 e. The van der Waals surface area contributed by atoms with Gasteiger partial charge in [0, 0.05) is 13.0 Å². The summed E-state index contributed by atoms with van der Waals surface area (Å²) >= 11 is 0. The Hall–Kier alpha value is -1.55. The van der Waals surface area contributed by atoms with E-state index in [0.29, 0.717) is 18.8 Å². The number of hydrogen-bond acceptors (Lipinski definition) is 3. The molecule has 4 nitrogen and oxygen atoms in total. The molecule has 0 saturated carbocycles. The summed E-state index contributed by atoms with van der Waals surface area (Å²) < 4.78 is 5.30. The molecule has 4 heteroatoms. The third kappa shape index (κ3) is 3.12. The number of likely N-dealkylation sites (tertiary alicyclic amines) is 1. The second-order valence-corrected chi connectivity index (χ2v) is 5.41. The van der Waals surface area contributed by atoms with E-state index in [2.05, 4.69) is 6.92 Å². The van der Waals surface area contributed by atoms with Gasteiger partial charge in [-0.2, -0.15) is 0 Å². The number of hydrogen-bond donors (Lipinski definition) is 1. The van der Waals surface area contributed by atoms with Gasteiger partial charge in [-0.05, 0) is 30.4 Å². The molecule has 0 spiro atoms. The van der Waals surface area contributed by atoms with Crippen LogP contribution in [0.4, 0.5) is 0 Å². The molecule has 1 aromatic carbocycles. The highest BCUT2D eigenvalue weighted by Gasteiger charge is 2.33. The highest BCUT2D eigenvalue weighted by Crippen LogP contribution is 2.25. The van der Waals surface area contributed by atoms with Crippen molar-refractivity contribution in [1.82, 2.24) is 4.90 Å². The molecule has 1 heterocycles. The molecule has 20 heavy (non-hydrogen) atoms. The maximum atomic E-state index is 12.3. The van der Waals surface area contributed by atoms with E-state index in [1.54, 1.807) is 7.11 Å². The molecule has 0 aliphatic carbocycles. The molecule has 1 saturated heterocycles. The molecule has 1 N–H and O–H groups in total. The van der Waals surface area contributed by atoms with E-state index in [9.17, 15) is 9.90 Å². The fourth-order valence-electron chi connectivity index (χ4n) is 2.89. The quantitative estimate of drug-likeness (QED) is 0.893. The van der Waals surface area contributed by atoms with Crippen molar-refractivity contribution < 1.29 is 14.6 Å². The number of carbonyl (C=O) groups excluding carboxylic acids is 1. The van der Waals surface area contributed by atoms with Gasteiger partial charge in [-0.25, -0.2) is 0 Å². The minimum atomic E-state index is -0.0137. The van der Waals surface area contributed by atoms with E-state index in [4.69, 9.17) is 4.74 Å². The Morgan fingerprint density at radius 1 is 1.45 bits per heavy atom. The largest absolute Gasteiger partial charge is 0.496 e. The Labute approximate surface area is 120 Å². The molecule has 0 radical (unpaired) electrons. The molecule has 110 valence electrons. The summed E-state index contributed by atoms with van der Waals surface area (Å²) in [5.74, 6) is 1.34. The predicted octanol–water partition coefficient (Wildman–Crippen LogP) is 1.86. The van der Waals surface area contributed by atoms with E-state index in [1.807, 2.05) is 29.2 Å². The summed E-state index contributed by atoms with van der Waals surface area (Å²) in [5.41, 5.74) is 1.05. The Kier molecular flexibility index (Phi) is 5.01. The Morgan fingerprint density at radius 2 is 2.20 bits per heavy atom. The number of ether oxygens (including phenoxy) is 1. The first-order valence-corrected chi connectivity index (χ1v) is 7.19. The molecule has 1 amide bonds. The first-order chi connectivity index (χ1) is 9.67. The Balaban J connectivity index is 1.95. The summed E-state index contributed by atoms with van der Waals surface area (Å²) in [7, 11) is 1.64. The van der Waals surface area contributed by atoms with Crippen molar-refractivity contribution in [1.29, 1.82) is 0 Å². The third-order valence-electron chi connectivity index (χ3n) is 4.19. The van der Waals surface area contributed by atoms with Gasteiger partial charge in [-0.3, -0.25) is 4.79 Å². The summed E-state index contributed by atoms with van der Waals surface area (Å²) in [6, 6.07) is 7.77. The van der Waals surface area contributed by atoms with E-state index < -0.39 is 0 Å². The maximum Gasteiger partial charge on any atom is 0.223 e. The van der Waals surface area contributed by atoms with Gasteiger partial charge in [0.25, 0.3) is 0 Å². The molecule has 1 fully saturated rings. The van der Waals surface area contributed by atoms with Crippen LogP contribution in [0.1, 0.15) is 25.3 Å². The second kappa shape index (κ2) is 6.75. The number of rotatable bonds is 5. The third-order valence-corrected chi connectivity index (χ3v) is 4.19. The lowest BCUT2D eigenvalue weighted by atomic mass is 10.0. The summed E-state index contributed by atoms with van der Waals surface area (Å²) in [5, 5.41) is 9.41. The van der Waals surface area contributed by atoms with Crippen molar-refractivity contribution in [2.45, 2.75) is 32.2 Å². The van der Waals surface area contributed by atoms with Crippen molar-refractivity contribution in [3.63, 3.8) is 0 Å². The molecular formula is C16H23NO3. The lowest BCUT2D eigenvalue weighted by molar-refractivity contribution is -0.133.